The van der Waals surface area contributed by atoms with Gasteiger partial charge in [-0.1, -0.05) is 22.9 Å². The zero-order chi connectivity index (χ0) is 23.0. The van der Waals surface area contributed by atoms with Gasteiger partial charge < -0.3 is 14.6 Å². The van der Waals surface area contributed by atoms with Crippen molar-refractivity contribution in [3.63, 3.8) is 0 Å². The molecule has 2 aromatic carbocycles. The lowest BCUT2D eigenvalue weighted by Gasteiger charge is -2.26. The molecular formula is C21H20Br2N2O5S. The standard InChI is InChI=1S/C21H20Br2N2O5S/c1-12(6-7-29-18(26)11-31)20(16-8-14(22)9-17(23)19(16)27)30-21(28)25-15-4-2-13(10-24)3-5-15/h2-5,8-9,12,20,27,31H,6-7,11H2,1H3,(H,25,28)/t12-,20+/m0/s1. The van der Waals surface area contributed by atoms with Crippen LogP contribution in [0.25, 0.3) is 0 Å². The van der Waals surface area contributed by atoms with E-state index in [9.17, 15) is 14.7 Å². The minimum absolute atomic E-state index is 0.0271. The zero-order valence-corrected chi connectivity index (χ0v) is 20.5. The number of phenolic OH excluding ortho intramolecular Hbond substituents is 1. The van der Waals surface area contributed by atoms with E-state index >= 15 is 0 Å². The number of phenols is 1. The lowest BCUT2D eigenvalue weighted by Crippen LogP contribution is -2.23. The molecule has 0 bridgehead atoms. The molecule has 7 nitrogen and oxygen atoms in total. The van der Waals surface area contributed by atoms with Crippen LogP contribution in [0.15, 0.2) is 45.3 Å². The topological polar surface area (TPSA) is 109 Å². The third-order valence-electron chi connectivity index (χ3n) is 4.34. The number of carbonyl (C=O) groups excluding carboxylic acids is 2. The Bertz CT molecular complexity index is 979. The number of esters is 1. The van der Waals surface area contributed by atoms with Gasteiger partial charge in [0.1, 0.15) is 11.9 Å². The second kappa shape index (κ2) is 12.0. The van der Waals surface area contributed by atoms with Crippen molar-refractivity contribution in [1.29, 1.82) is 5.26 Å². The molecule has 0 aliphatic carbocycles. The Morgan fingerprint density at radius 2 is 1.94 bits per heavy atom. The highest BCUT2D eigenvalue weighted by atomic mass is 79.9. The largest absolute Gasteiger partial charge is 0.506 e. The van der Waals surface area contributed by atoms with Crippen molar-refractivity contribution in [1.82, 2.24) is 0 Å². The molecule has 1 amide bonds. The Kier molecular flexibility index (Phi) is 9.68. The minimum atomic E-state index is -0.832. The number of halogens is 2. The highest BCUT2D eigenvalue weighted by Gasteiger charge is 2.28. The Labute approximate surface area is 202 Å². The van der Waals surface area contributed by atoms with Crippen LogP contribution in [0.4, 0.5) is 10.5 Å². The van der Waals surface area contributed by atoms with Gasteiger partial charge in [0.25, 0.3) is 0 Å². The molecule has 0 aliphatic heterocycles. The van der Waals surface area contributed by atoms with Gasteiger partial charge >= 0.3 is 12.1 Å². The predicted octanol–water partition coefficient (Wildman–Crippen LogP) is 5.58. The Hall–Kier alpha value is -2.22. The second-order valence-corrected chi connectivity index (χ2v) is 8.70. The molecule has 0 heterocycles. The van der Waals surface area contributed by atoms with Gasteiger partial charge in [-0.05, 0) is 58.7 Å². The van der Waals surface area contributed by atoms with Gasteiger partial charge in [0.2, 0.25) is 0 Å². The number of nitrogens with one attached hydrogen (secondary N) is 1. The number of hydrogen-bond acceptors (Lipinski definition) is 7. The van der Waals surface area contributed by atoms with E-state index in [-0.39, 0.29) is 24.0 Å². The quantitative estimate of drug-likeness (QED) is 0.282. The molecular weight excluding hydrogens is 552 g/mol. The van der Waals surface area contributed by atoms with Crippen molar-refractivity contribution in [2.24, 2.45) is 5.92 Å². The monoisotopic (exact) mass is 570 g/mol. The first-order chi connectivity index (χ1) is 14.7. The lowest BCUT2D eigenvalue weighted by molar-refractivity contribution is -0.141. The van der Waals surface area contributed by atoms with Gasteiger partial charge in [-0.25, -0.2) is 4.79 Å². The van der Waals surface area contributed by atoms with Crippen LogP contribution in [0.1, 0.15) is 30.6 Å². The van der Waals surface area contributed by atoms with Gasteiger partial charge in [0, 0.05) is 21.6 Å². The smallest absolute Gasteiger partial charge is 0.412 e. The van der Waals surface area contributed by atoms with Crippen molar-refractivity contribution < 1.29 is 24.2 Å². The molecule has 164 valence electrons. The lowest BCUT2D eigenvalue weighted by atomic mass is 9.94. The molecule has 0 saturated carbocycles. The molecule has 2 atom stereocenters. The first-order valence-electron chi connectivity index (χ1n) is 9.17. The van der Waals surface area contributed by atoms with E-state index in [0.29, 0.717) is 32.2 Å². The number of amides is 1. The summed E-state index contributed by atoms with van der Waals surface area (Å²) in [4.78, 5) is 23.9. The molecule has 0 aliphatic rings. The van der Waals surface area contributed by atoms with Gasteiger partial charge in [0.05, 0.1) is 28.5 Å². The van der Waals surface area contributed by atoms with Gasteiger partial charge in [-0.3, -0.25) is 10.1 Å². The van der Waals surface area contributed by atoms with E-state index in [1.165, 1.54) is 0 Å². The summed E-state index contributed by atoms with van der Waals surface area (Å²) in [7, 11) is 0. The number of hydrogen-bond donors (Lipinski definition) is 3. The number of benzene rings is 2. The maximum absolute atomic E-state index is 12.6. The number of ether oxygens (including phenoxy) is 2. The van der Waals surface area contributed by atoms with Crippen LogP contribution >= 0.6 is 44.5 Å². The van der Waals surface area contributed by atoms with Crippen LogP contribution in [-0.2, 0) is 14.3 Å². The molecule has 2 rings (SSSR count). The molecule has 0 unspecified atom stereocenters. The van der Waals surface area contributed by atoms with Crippen LogP contribution in [0.5, 0.6) is 5.75 Å². The van der Waals surface area contributed by atoms with Gasteiger partial charge in [-0.15, -0.1) is 0 Å². The van der Waals surface area contributed by atoms with Crippen molar-refractivity contribution in [3.05, 3.63) is 56.5 Å². The fourth-order valence-electron chi connectivity index (χ4n) is 2.74. The number of anilines is 1. The van der Waals surface area contributed by atoms with Crippen LogP contribution in [0, 0.1) is 17.2 Å². The van der Waals surface area contributed by atoms with Crippen molar-refractivity contribution in [2.75, 3.05) is 17.7 Å². The molecule has 10 heteroatoms. The number of nitrogens with zero attached hydrogens (tertiary/aromatic N) is 1. The molecule has 0 radical (unpaired) electrons. The summed E-state index contributed by atoms with van der Waals surface area (Å²) < 4.78 is 11.8. The van der Waals surface area contributed by atoms with E-state index in [1.54, 1.807) is 36.4 Å². The normalized spacial score (nSPS) is 12.4. The molecule has 0 saturated heterocycles. The van der Waals surface area contributed by atoms with E-state index in [1.807, 2.05) is 13.0 Å². The fraction of sp³-hybridized carbons (Fsp3) is 0.286. The summed E-state index contributed by atoms with van der Waals surface area (Å²) in [5, 5.41) is 22.0. The molecule has 0 fully saturated rings. The minimum Gasteiger partial charge on any atom is -0.506 e. The van der Waals surface area contributed by atoms with Crippen molar-refractivity contribution in [3.8, 4) is 11.8 Å². The van der Waals surface area contributed by atoms with Gasteiger partial charge in [-0.2, -0.15) is 17.9 Å². The van der Waals surface area contributed by atoms with E-state index in [2.05, 4.69) is 49.8 Å². The van der Waals surface area contributed by atoms with E-state index in [4.69, 9.17) is 14.7 Å². The SMILES string of the molecule is C[C@@H](CCOC(=O)CS)[C@@H](OC(=O)Nc1ccc(C#N)cc1)c1cc(Br)cc(Br)c1O. The first-order valence-corrected chi connectivity index (χ1v) is 11.4. The molecule has 2 N–H and O–H groups in total. The molecule has 2 aromatic rings. The van der Waals surface area contributed by atoms with Gasteiger partial charge in [0.15, 0.2) is 0 Å². The van der Waals surface area contributed by atoms with Crippen molar-refractivity contribution in [2.45, 2.75) is 19.4 Å². The summed E-state index contributed by atoms with van der Waals surface area (Å²) in [5.74, 6) is -0.828. The summed E-state index contributed by atoms with van der Waals surface area (Å²) in [5.41, 5.74) is 1.31. The Morgan fingerprint density at radius 1 is 1.26 bits per heavy atom. The van der Waals surface area contributed by atoms with E-state index < -0.39 is 18.2 Å². The fourth-order valence-corrected chi connectivity index (χ4v) is 4.08. The van der Waals surface area contributed by atoms with Crippen LogP contribution < -0.4 is 5.32 Å². The van der Waals surface area contributed by atoms with E-state index in [0.717, 1.165) is 0 Å². The maximum atomic E-state index is 12.6. The third kappa shape index (κ3) is 7.45. The number of rotatable bonds is 8. The molecule has 31 heavy (non-hydrogen) atoms. The maximum Gasteiger partial charge on any atom is 0.412 e. The predicted molar refractivity (Wildman–Crippen MR) is 126 cm³/mol. The zero-order valence-electron chi connectivity index (χ0n) is 16.5. The summed E-state index contributed by atoms with van der Waals surface area (Å²) >= 11 is 10.5. The Balaban J connectivity index is 2.21. The van der Waals surface area contributed by atoms with Crippen LogP contribution in [0.2, 0.25) is 0 Å². The highest BCUT2D eigenvalue weighted by molar-refractivity contribution is 9.11. The number of aromatic hydroxyl groups is 1. The summed E-state index contributed by atoms with van der Waals surface area (Å²) in [6.45, 7) is 1.94. The number of carbonyl (C=O) groups is 2. The second-order valence-electron chi connectivity index (χ2n) is 6.61. The Morgan fingerprint density at radius 3 is 2.55 bits per heavy atom. The summed E-state index contributed by atoms with van der Waals surface area (Å²) in [6, 6.07) is 11.7. The molecule has 0 spiro atoms. The number of thiol groups is 1. The number of nitriles is 1. The van der Waals surface area contributed by atoms with Crippen LogP contribution in [0.3, 0.4) is 0 Å². The average Bonchev–Trinajstić information content (AvgIpc) is 2.75. The highest BCUT2D eigenvalue weighted by Crippen LogP contribution is 2.40. The van der Waals surface area contributed by atoms with Crippen molar-refractivity contribution >= 4 is 62.2 Å². The summed E-state index contributed by atoms with van der Waals surface area (Å²) in [6.07, 6.45) is -1.18. The first kappa shape index (κ1) is 25.0. The average molecular weight is 572 g/mol. The third-order valence-corrected chi connectivity index (χ3v) is 5.66. The van der Waals surface area contributed by atoms with Crippen LogP contribution in [-0.4, -0.2) is 29.5 Å². The molecule has 0 aromatic heterocycles.